The Kier molecular flexibility index (Phi) is 8.05. The summed E-state index contributed by atoms with van der Waals surface area (Å²) >= 11 is 3.27. The maximum absolute atomic E-state index is 12.5. The molecular formula is C20H23BrN2O3S2. The van der Waals surface area contributed by atoms with Crippen molar-refractivity contribution in [2.24, 2.45) is 0 Å². The van der Waals surface area contributed by atoms with Gasteiger partial charge in [-0.3, -0.25) is 19.3 Å². The maximum Gasteiger partial charge on any atom is 0.261 e. The fourth-order valence-corrected chi connectivity index (χ4v) is 6.51. The Balaban J connectivity index is 1.51. The van der Waals surface area contributed by atoms with E-state index in [0.717, 1.165) is 18.1 Å². The number of anilines is 1. The monoisotopic (exact) mass is 482 g/mol. The molecule has 8 heteroatoms. The Morgan fingerprint density at radius 3 is 2.79 bits per heavy atom. The third kappa shape index (κ3) is 5.42. The van der Waals surface area contributed by atoms with Crippen LogP contribution >= 0.6 is 37.5 Å². The molecule has 0 bridgehead atoms. The smallest absolute Gasteiger partial charge is 0.261 e. The number of benzene rings is 1. The third-order valence-electron chi connectivity index (χ3n) is 4.71. The summed E-state index contributed by atoms with van der Waals surface area (Å²) < 4.78 is 0. The summed E-state index contributed by atoms with van der Waals surface area (Å²) in [5.74, 6) is 0.573. The minimum atomic E-state index is -0.317. The normalized spacial score (nSPS) is 18.9. The predicted octanol–water partition coefficient (Wildman–Crippen LogP) is 4.89. The number of hydrogen-bond donors (Lipinski definition) is 1. The summed E-state index contributed by atoms with van der Waals surface area (Å²) in [5.41, 5.74) is 1.30. The zero-order valence-electron chi connectivity index (χ0n) is 15.5. The van der Waals surface area contributed by atoms with Crippen LogP contribution in [0.15, 0.2) is 30.4 Å². The lowest BCUT2D eigenvalue weighted by molar-refractivity contribution is -0.116. The first kappa shape index (κ1) is 21.5. The van der Waals surface area contributed by atoms with Crippen molar-refractivity contribution in [3.63, 3.8) is 0 Å². The zero-order chi connectivity index (χ0) is 19.9. The minimum Gasteiger partial charge on any atom is -0.326 e. The number of fused-ring (bicyclic) bond motifs is 1. The number of carbonyl (C=O) groups is 3. The first-order valence-electron chi connectivity index (χ1n) is 9.39. The van der Waals surface area contributed by atoms with Gasteiger partial charge in [-0.1, -0.05) is 56.1 Å². The Labute approximate surface area is 181 Å². The minimum absolute atomic E-state index is 0.0534. The molecule has 1 aromatic carbocycles. The molecule has 2 aliphatic heterocycles. The van der Waals surface area contributed by atoms with Crippen LogP contribution in [0.4, 0.5) is 5.69 Å². The second-order valence-electron chi connectivity index (χ2n) is 6.73. The molecule has 1 unspecified atom stereocenters. The highest BCUT2D eigenvalue weighted by atomic mass is 79.9. The van der Waals surface area contributed by atoms with Crippen molar-refractivity contribution in [3.8, 4) is 0 Å². The van der Waals surface area contributed by atoms with Gasteiger partial charge < -0.3 is 5.32 Å². The van der Waals surface area contributed by atoms with Gasteiger partial charge in [0.2, 0.25) is 5.91 Å². The van der Waals surface area contributed by atoms with Crippen LogP contribution in [0.3, 0.4) is 0 Å². The quantitative estimate of drug-likeness (QED) is 0.178. The number of unbranched alkanes of at least 4 members (excludes halogenated alkanes) is 1. The van der Waals surface area contributed by atoms with E-state index in [1.165, 1.54) is 23.5 Å². The molecule has 5 nitrogen and oxygen atoms in total. The topological polar surface area (TPSA) is 66.5 Å². The van der Waals surface area contributed by atoms with E-state index in [9.17, 15) is 14.4 Å². The van der Waals surface area contributed by atoms with E-state index in [1.54, 1.807) is 24.3 Å². The van der Waals surface area contributed by atoms with Crippen LogP contribution in [0, 0.1) is 0 Å². The average Bonchev–Trinajstić information content (AvgIpc) is 3.28. The highest BCUT2D eigenvalue weighted by Gasteiger charge is 2.34. The van der Waals surface area contributed by atoms with Gasteiger partial charge in [-0.25, -0.2) is 0 Å². The number of allylic oxidation sites excluding steroid dienone is 1. The van der Waals surface area contributed by atoms with E-state index < -0.39 is 0 Å². The molecule has 0 saturated carbocycles. The van der Waals surface area contributed by atoms with Gasteiger partial charge in [-0.2, -0.15) is 0 Å². The van der Waals surface area contributed by atoms with Gasteiger partial charge >= 0.3 is 0 Å². The molecule has 2 aliphatic rings. The molecule has 1 atom stereocenters. The van der Waals surface area contributed by atoms with Gasteiger partial charge in [0.1, 0.15) is 0 Å². The van der Waals surface area contributed by atoms with Crippen LogP contribution in [0.5, 0.6) is 0 Å². The first-order chi connectivity index (χ1) is 13.6. The van der Waals surface area contributed by atoms with Crippen LogP contribution in [-0.2, 0) is 4.79 Å². The summed E-state index contributed by atoms with van der Waals surface area (Å²) in [6, 6.07) is 4.91. The fourth-order valence-electron chi connectivity index (χ4n) is 3.22. The van der Waals surface area contributed by atoms with Crippen molar-refractivity contribution in [3.05, 3.63) is 41.5 Å². The molecule has 0 aromatic heterocycles. The summed E-state index contributed by atoms with van der Waals surface area (Å²) in [5, 5.41) is 4.26. The van der Waals surface area contributed by atoms with Crippen LogP contribution in [0.25, 0.3) is 0 Å². The van der Waals surface area contributed by atoms with Gasteiger partial charge in [0.05, 0.1) is 11.1 Å². The van der Waals surface area contributed by atoms with E-state index >= 15 is 0 Å². The zero-order valence-corrected chi connectivity index (χ0v) is 18.7. The Morgan fingerprint density at radius 2 is 2.04 bits per heavy atom. The van der Waals surface area contributed by atoms with Crippen LogP contribution in [0.2, 0.25) is 0 Å². The number of rotatable bonds is 9. The van der Waals surface area contributed by atoms with Gasteiger partial charge in [0.15, 0.2) is 0 Å². The Bertz CT molecular complexity index is 779. The van der Waals surface area contributed by atoms with Crippen molar-refractivity contribution < 1.29 is 14.4 Å². The Hall–Kier alpha value is -1.25. The number of amides is 3. The lowest BCUT2D eigenvalue weighted by Crippen LogP contribution is -2.29. The number of hydrogen-bond acceptors (Lipinski definition) is 5. The fraction of sp³-hybridized carbons (Fsp3) is 0.450. The SMILES string of the molecule is O=C(CCCCC1CCSS1)Nc1ccc2c(c1)C(=O)N(C/C=C/CBr)C2=O. The molecule has 150 valence electrons. The number of nitrogens with one attached hydrogen (secondary N) is 1. The van der Waals surface area contributed by atoms with Crippen molar-refractivity contribution >= 4 is 60.9 Å². The molecule has 3 amide bonds. The van der Waals surface area contributed by atoms with Gasteiger partial charge in [-0.05, 0) is 37.5 Å². The second kappa shape index (κ2) is 10.5. The summed E-state index contributed by atoms with van der Waals surface area (Å²) in [4.78, 5) is 38.3. The second-order valence-corrected chi connectivity index (χ2v) is 10.2. The third-order valence-corrected chi connectivity index (χ3v) is 8.09. The predicted molar refractivity (Wildman–Crippen MR) is 120 cm³/mol. The number of carbonyl (C=O) groups excluding carboxylic acids is 3. The average molecular weight is 483 g/mol. The number of imide groups is 1. The first-order valence-corrected chi connectivity index (χ1v) is 12.9. The number of alkyl halides is 1. The van der Waals surface area contributed by atoms with Crippen molar-refractivity contribution in [2.75, 3.05) is 22.9 Å². The molecule has 1 fully saturated rings. The summed E-state index contributed by atoms with van der Waals surface area (Å²) in [6.45, 7) is 0.247. The molecule has 28 heavy (non-hydrogen) atoms. The van der Waals surface area contributed by atoms with Crippen LogP contribution in [0.1, 0.15) is 52.8 Å². The van der Waals surface area contributed by atoms with Crippen molar-refractivity contribution in [1.82, 2.24) is 4.90 Å². The van der Waals surface area contributed by atoms with Crippen molar-refractivity contribution in [2.45, 2.75) is 37.4 Å². The standard InChI is InChI=1S/C20H23BrN2O3S2/c21-10-3-4-11-23-19(25)16-8-7-14(13-17(16)20(23)26)22-18(24)6-2-1-5-15-9-12-27-28-15/h3-4,7-8,13,15H,1-2,5-6,9-12H2,(H,22,24)/b4-3+. The van der Waals surface area contributed by atoms with E-state index in [4.69, 9.17) is 0 Å². The van der Waals surface area contributed by atoms with Crippen LogP contribution < -0.4 is 5.32 Å². The molecule has 0 radical (unpaired) electrons. The highest BCUT2D eigenvalue weighted by Crippen LogP contribution is 2.39. The lowest BCUT2D eigenvalue weighted by atomic mass is 10.1. The molecule has 0 aliphatic carbocycles. The number of nitrogens with zero attached hydrogens (tertiary/aromatic N) is 1. The molecular weight excluding hydrogens is 460 g/mol. The molecule has 3 rings (SSSR count). The van der Waals surface area contributed by atoms with Crippen LogP contribution in [-0.4, -0.2) is 45.5 Å². The summed E-state index contributed by atoms with van der Waals surface area (Å²) in [6.07, 6.45) is 8.45. The lowest BCUT2D eigenvalue weighted by Gasteiger charge is -2.10. The van der Waals surface area contributed by atoms with Crippen molar-refractivity contribution in [1.29, 1.82) is 0 Å². The van der Waals surface area contributed by atoms with E-state index in [-0.39, 0.29) is 24.3 Å². The maximum atomic E-state index is 12.5. The summed E-state index contributed by atoms with van der Waals surface area (Å²) in [7, 11) is 3.91. The molecule has 1 N–H and O–H groups in total. The molecule has 1 saturated heterocycles. The number of halogens is 1. The highest BCUT2D eigenvalue weighted by molar-refractivity contribution is 9.09. The van der Waals surface area contributed by atoms with E-state index in [1.807, 2.05) is 27.7 Å². The molecule has 2 heterocycles. The van der Waals surface area contributed by atoms with Gasteiger partial charge in [0.25, 0.3) is 11.8 Å². The molecule has 1 aromatic rings. The van der Waals surface area contributed by atoms with E-state index in [2.05, 4.69) is 21.2 Å². The molecule has 0 spiro atoms. The largest absolute Gasteiger partial charge is 0.326 e. The Morgan fingerprint density at radius 1 is 1.21 bits per heavy atom. The van der Waals surface area contributed by atoms with Gasteiger partial charge in [-0.15, -0.1) is 0 Å². The van der Waals surface area contributed by atoms with E-state index in [0.29, 0.717) is 28.6 Å². The van der Waals surface area contributed by atoms with Gasteiger partial charge in [0, 0.05) is 35.0 Å².